The third kappa shape index (κ3) is 4.67. The minimum absolute atomic E-state index is 0.0530. The summed E-state index contributed by atoms with van der Waals surface area (Å²) in [5.41, 5.74) is 0. The highest BCUT2D eigenvalue weighted by Crippen LogP contribution is 2.29. The number of carbonyl (C=O) groups excluding carboxylic acids is 1. The second-order valence-electron chi connectivity index (χ2n) is 5.58. The summed E-state index contributed by atoms with van der Waals surface area (Å²) < 4.78 is 0.274. The lowest BCUT2D eigenvalue weighted by atomic mass is 10.0. The minimum atomic E-state index is -0.0530. The van der Waals surface area contributed by atoms with Gasteiger partial charge in [-0.2, -0.15) is 11.8 Å². The molecule has 1 N–H and O–H groups in total. The number of nitrogens with zero attached hydrogens (tertiary/aromatic N) is 1. The summed E-state index contributed by atoms with van der Waals surface area (Å²) in [4.78, 5) is 14.4. The van der Waals surface area contributed by atoms with Crippen LogP contribution < -0.4 is 5.32 Å². The van der Waals surface area contributed by atoms with Gasteiger partial charge in [0.25, 0.3) is 0 Å². The number of piperidine rings is 1. The van der Waals surface area contributed by atoms with Crippen LogP contribution in [0.15, 0.2) is 0 Å². The Morgan fingerprint density at radius 3 is 2.32 bits per heavy atom. The van der Waals surface area contributed by atoms with E-state index in [1.807, 2.05) is 23.6 Å². The number of nitrogens with one attached hydrogen (secondary N) is 1. The van der Waals surface area contributed by atoms with Crippen molar-refractivity contribution in [1.82, 2.24) is 10.2 Å². The molecule has 3 nitrogen and oxygen atoms in total. The topological polar surface area (TPSA) is 32.3 Å². The van der Waals surface area contributed by atoms with E-state index in [4.69, 9.17) is 0 Å². The molecule has 0 aromatic heterocycles. The van der Waals surface area contributed by atoms with Gasteiger partial charge in [-0.1, -0.05) is 13.8 Å². The molecule has 4 heteroatoms. The summed E-state index contributed by atoms with van der Waals surface area (Å²) in [6.45, 7) is 9.28. The molecule has 0 aromatic rings. The molecule has 0 aliphatic carbocycles. The Balaban J connectivity index is 2.45. The maximum Gasteiger partial charge on any atom is 0.239 e. The molecule has 1 heterocycles. The molecular weight excluding hydrogens is 256 g/mol. The van der Waals surface area contributed by atoms with Crippen LogP contribution in [0.2, 0.25) is 0 Å². The lowest BCUT2D eigenvalue weighted by Gasteiger charge is -2.33. The van der Waals surface area contributed by atoms with E-state index in [1.54, 1.807) is 0 Å². The van der Waals surface area contributed by atoms with Gasteiger partial charge in [0.05, 0.1) is 6.04 Å². The first-order valence-electron chi connectivity index (χ1n) is 7.66. The van der Waals surface area contributed by atoms with Crippen LogP contribution in [0, 0.1) is 0 Å². The number of likely N-dealkylation sites (tertiary alicyclic amines) is 1. The van der Waals surface area contributed by atoms with E-state index in [-0.39, 0.29) is 16.7 Å². The van der Waals surface area contributed by atoms with Gasteiger partial charge in [-0.25, -0.2) is 0 Å². The fourth-order valence-electron chi connectivity index (χ4n) is 2.68. The molecule has 1 rings (SSSR count). The summed E-state index contributed by atoms with van der Waals surface area (Å²) in [7, 11) is 0. The highest BCUT2D eigenvalue weighted by Gasteiger charge is 2.28. The van der Waals surface area contributed by atoms with E-state index < -0.39 is 0 Å². The Hall–Kier alpha value is -0.220. The number of rotatable bonds is 7. The van der Waals surface area contributed by atoms with Crippen LogP contribution in [0.3, 0.4) is 0 Å². The van der Waals surface area contributed by atoms with E-state index in [2.05, 4.69) is 25.4 Å². The van der Waals surface area contributed by atoms with Crippen molar-refractivity contribution >= 4 is 17.7 Å². The first-order valence-corrected chi connectivity index (χ1v) is 8.88. The molecular formula is C15H30N2OS. The van der Waals surface area contributed by atoms with Crippen molar-refractivity contribution in [3.05, 3.63) is 0 Å². The normalized spacial score (nSPS) is 18.4. The summed E-state index contributed by atoms with van der Waals surface area (Å²) in [6, 6.07) is -0.0530. The van der Waals surface area contributed by atoms with Crippen LogP contribution in [-0.2, 0) is 4.79 Å². The lowest BCUT2D eigenvalue weighted by molar-refractivity contribution is -0.133. The third-order valence-electron chi connectivity index (χ3n) is 4.49. The standard InChI is InChI=1S/C15H30N2OS/c1-5-15(6-2,19-4)12-16-13(3)14(18)17-10-8-7-9-11-17/h13,16H,5-12H2,1-4H3. The zero-order valence-corrected chi connectivity index (χ0v) is 13.8. The Labute approximate surface area is 122 Å². The molecule has 0 saturated carbocycles. The molecule has 0 radical (unpaired) electrons. The fourth-order valence-corrected chi connectivity index (χ4v) is 3.48. The van der Waals surface area contributed by atoms with Gasteiger partial charge in [0.2, 0.25) is 5.91 Å². The second kappa shape index (κ2) is 8.15. The first-order chi connectivity index (χ1) is 9.08. The lowest BCUT2D eigenvalue weighted by Crippen LogP contribution is -2.50. The molecule has 1 atom stereocenters. The molecule has 1 aliphatic rings. The zero-order valence-electron chi connectivity index (χ0n) is 13.0. The van der Waals surface area contributed by atoms with E-state index in [0.29, 0.717) is 0 Å². The van der Waals surface area contributed by atoms with E-state index in [1.165, 1.54) is 6.42 Å². The largest absolute Gasteiger partial charge is 0.341 e. The van der Waals surface area contributed by atoms with Crippen LogP contribution in [-0.4, -0.2) is 47.5 Å². The van der Waals surface area contributed by atoms with E-state index in [9.17, 15) is 4.79 Å². The number of hydrogen-bond acceptors (Lipinski definition) is 3. The number of amides is 1. The Morgan fingerprint density at radius 2 is 1.84 bits per heavy atom. The van der Waals surface area contributed by atoms with Crippen molar-refractivity contribution in [3.8, 4) is 0 Å². The van der Waals surface area contributed by atoms with Crippen LogP contribution in [0.1, 0.15) is 52.9 Å². The molecule has 1 aliphatic heterocycles. The monoisotopic (exact) mass is 286 g/mol. The van der Waals surface area contributed by atoms with Gasteiger partial charge in [-0.05, 0) is 45.3 Å². The van der Waals surface area contributed by atoms with Gasteiger partial charge in [-0.15, -0.1) is 0 Å². The first kappa shape index (κ1) is 16.8. The van der Waals surface area contributed by atoms with E-state index >= 15 is 0 Å². The fraction of sp³-hybridized carbons (Fsp3) is 0.933. The third-order valence-corrected chi connectivity index (χ3v) is 6.08. The summed E-state index contributed by atoms with van der Waals surface area (Å²) in [6.07, 6.45) is 8.05. The summed E-state index contributed by atoms with van der Waals surface area (Å²) in [5, 5.41) is 3.46. The second-order valence-corrected chi connectivity index (χ2v) is 6.86. The highest BCUT2D eigenvalue weighted by molar-refractivity contribution is 8.00. The van der Waals surface area contributed by atoms with Gasteiger partial charge in [0.1, 0.15) is 0 Å². The average molecular weight is 286 g/mol. The van der Waals surface area contributed by atoms with Crippen molar-refractivity contribution in [3.63, 3.8) is 0 Å². The summed E-state index contributed by atoms with van der Waals surface area (Å²) >= 11 is 1.92. The molecule has 0 aromatic carbocycles. The van der Waals surface area contributed by atoms with Crippen molar-refractivity contribution in [2.75, 3.05) is 25.9 Å². The Kier molecular flexibility index (Phi) is 7.22. The van der Waals surface area contributed by atoms with Gasteiger partial charge in [0.15, 0.2) is 0 Å². The van der Waals surface area contributed by atoms with Crippen LogP contribution >= 0.6 is 11.8 Å². The maximum absolute atomic E-state index is 12.3. The highest BCUT2D eigenvalue weighted by atomic mass is 32.2. The zero-order chi connectivity index (χ0) is 14.3. The molecule has 0 bridgehead atoms. The van der Waals surface area contributed by atoms with Gasteiger partial charge in [0, 0.05) is 24.4 Å². The van der Waals surface area contributed by atoms with E-state index in [0.717, 1.165) is 45.3 Å². The van der Waals surface area contributed by atoms with Crippen molar-refractivity contribution in [2.24, 2.45) is 0 Å². The molecule has 1 saturated heterocycles. The molecule has 112 valence electrons. The molecule has 1 unspecified atom stereocenters. The molecule has 0 spiro atoms. The number of thioether (sulfide) groups is 1. The predicted octanol–water partition coefficient (Wildman–Crippen LogP) is 2.90. The van der Waals surface area contributed by atoms with Gasteiger partial charge in [-0.3, -0.25) is 4.79 Å². The van der Waals surface area contributed by atoms with Crippen LogP contribution in [0.5, 0.6) is 0 Å². The van der Waals surface area contributed by atoms with Crippen molar-refractivity contribution in [2.45, 2.75) is 63.7 Å². The quantitative estimate of drug-likeness (QED) is 0.781. The maximum atomic E-state index is 12.3. The summed E-state index contributed by atoms with van der Waals surface area (Å²) in [5.74, 6) is 0.280. The van der Waals surface area contributed by atoms with Gasteiger partial charge < -0.3 is 10.2 Å². The van der Waals surface area contributed by atoms with Crippen molar-refractivity contribution < 1.29 is 4.79 Å². The van der Waals surface area contributed by atoms with Crippen molar-refractivity contribution in [1.29, 1.82) is 0 Å². The number of hydrogen-bond donors (Lipinski definition) is 1. The average Bonchev–Trinajstić information content (AvgIpc) is 2.49. The Morgan fingerprint density at radius 1 is 1.26 bits per heavy atom. The molecule has 19 heavy (non-hydrogen) atoms. The minimum Gasteiger partial charge on any atom is -0.341 e. The SMILES string of the molecule is CCC(CC)(CNC(C)C(=O)N1CCCCC1)SC. The molecule has 1 fully saturated rings. The van der Waals surface area contributed by atoms with Gasteiger partial charge >= 0.3 is 0 Å². The Bertz CT molecular complexity index is 265. The molecule has 1 amide bonds. The number of carbonyl (C=O) groups is 1. The van der Waals surface area contributed by atoms with Crippen LogP contribution in [0.25, 0.3) is 0 Å². The smallest absolute Gasteiger partial charge is 0.239 e. The predicted molar refractivity (Wildman–Crippen MR) is 84.7 cm³/mol. The van der Waals surface area contributed by atoms with Crippen LogP contribution in [0.4, 0.5) is 0 Å².